The third-order valence-electron chi connectivity index (χ3n) is 4.41. The van der Waals surface area contributed by atoms with E-state index < -0.39 is 11.4 Å². The molecule has 2 aromatic carbocycles. The molecule has 0 bridgehead atoms. The van der Waals surface area contributed by atoms with Crippen LogP contribution < -0.4 is 15.0 Å². The normalized spacial score (nSPS) is 11.9. The Morgan fingerprint density at radius 1 is 1.25 bits per heavy atom. The number of aromatic nitrogens is 2. The summed E-state index contributed by atoms with van der Waals surface area (Å²) in [6.07, 6.45) is 1.47. The number of hydrogen-bond donors (Lipinski definition) is 0. The fourth-order valence-corrected chi connectivity index (χ4v) is 3.95. The largest absolute Gasteiger partial charge is 0.493 e. The number of ether oxygens (including phenoxy) is 2. The van der Waals surface area contributed by atoms with Crippen molar-refractivity contribution in [2.75, 3.05) is 7.11 Å². The van der Waals surface area contributed by atoms with Crippen LogP contribution in [0.2, 0.25) is 5.02 Å². The Labute approximate surface area is 206 Å². The summed E-state index contributed by atoms with van der Waals surface area (Å²) in [6, 6.07) is 6.95. The van der Waals surface area contributed by atoms with Crippen LogP contribution in [-0.2, 0) is 10.2 Å². The molecule has 0 fully saturated rings. The summed E-state index contributed by atoms with van der Waals surface area (Å²) in [5.74, 6) is 0.307. The average Bonchev–Trinajstić information content (AvgIpc) is 2.71. The van der Waals surface area contributed by atoms with Crippen LogP contribution in [0.25, 0.3) is 10.9 Å². The molecule has 32 heavy (non-hydrogen) atoms. The van der Waals surface area contributed by atoms with Crippen molar-refractivity contribution < 1.29 is 14.3 Å². The van der Waals surface area contributed by atoms with Gasteiger partial charge in [-0.3, -0.25) is 9.59 Å². The highest BCUT2D eigenvalue weighted by atomic mass is 79.9. The predicted molar refractivity (Wildman–Crippen MR) is 132 cm³/mol. The standard InChI is InChI=1S/C22H20Br2ClN3O4/c1-11(29)32-19-16(31-5)8-12(17(24)18(19)25)10-26-28-20(30)14-9-13(23)6-7-15(14)27-21(28)22(2,3)4/h6-10H,1-5H3. The molecule has 0 aliphatic rings. The Balaban J connectivity index is 2.22. The van der Waals surface area contributed by atoms with Crippen molar-refractivity contribution in [1.82, 2.24) is 9.66 Å². The van der Waals surface area contributed by atoms with E-state index in [1.165, 1.54) is 24.9 Å². The number of methoxy groups -OCH3 is 1. The maximum atomic E-state index is 13.3. The molecule has 0 radical (unpaired) electrons. The number of halogens is 3. The molecule has 0 spiro atoms. The van der Waals surface area contributed by atoms with Gasteiger partial charge in [-0.1, -0.05) is 48.3 Å². The first-order valence-corrected chi connectivity index (χ1v) is 11.4. The minimum atomic E-state index is -0.534. The van der Waals surface area contributed by atoms with Crippen LogP contribution in [0.3, 0.4) is 0 Å². The summed E-state index contributed by atoms with van der Waals surface area (Å²) in [4.78, 5) is 29.4. The van der Waals surface area contributed by atoms with Crippen LogP contribution in [0.4, 0.5) is 0 Å². The second kappa shape index (κ2) is 9.33. The molecule has 0 N–H and O–H groups in total. The van der Waals surface area contributed by atoms with Crippen LogP contribution >= 0.6 is 43.5 Å². The molecule has 0 amide bonds. The molecule has 0 atom stereocenters. The molecule has 0 unspecified atom stereocenters. The van der Waals surface area contributed by atoms with Gasteiger partial charge in [-0.05, 0) is 40.2 Å². The van der Waals surface area contributed by atoms with Crippen molar-refractivity contribution in [3.05, 3.63) is 60.0 Å². The third kappa shape index (κ3) is 4.89. The van der Waals surface area contributed by atoms with Gasteiger partial charge in [0.1, 0.15) is 10.8 Å². The Hall–Kier alpha value is -2.23. The molecule has 1 heterocycles. The lowest BCUT2D eigenvalue weighted by Gasteiger charge is -2.21. The second-order valence-corrected chi connectivity index (χ2v) is 10.0. The van der Waals surface area contributed by atoms with E-state index in [9.17, 15) is 9.59 Å². The maximum absolute atomic E-state index is 13.3. The summed E-state index contributed by atoms with van der Waals surface area (Å²) >= 11 is 13.2. The van der Waals surface area contributed by atoms with Gasteiger partial charge < -0.3 is 9.47 Å². The van der Waals surface area contributed by atoms with Crippen LogP contribution in [-0.4, -0.2) is 29.0 Å². The molecule has 3 rings (SSSR count). The van der Waals surface area contributed by atoms with Crippen molar-refractivity contribution in [2.24, 2.45) is 5.10 Å². The summed E-state index contributed by atoms with van der Waals surface area (Å²) in [6.45, 7) is 7.13. The van der Waals surface area contributed by atoms with Gasteiger partial charge in [0.05, 0.1) is 24.2 Å². The van der Waals surface area contributed by atoms with Gasteiger partial charge in [0.15, 0.2) is 11.5 Å². The van der Waals surface area contributed by atoms with Gasteiger partial charge in [-0.2, -0.15) is 9.78 Å². The Bertz CT molecular complexity index is 1310. The van der Waals surface area contributed by atoms with E-state index >= 15 is 0 Å². The quantitative estimate of drug-likeness (QED) is 0.223. The summed E-state index contributed by atoms with van der Waals surface area (Å²) in [5, 5.41) is 5.02. The summed E-state index contributed by atoms with van der Waals surface area (Å²) in [5.41, 5.74) is 0.349. The number of benzene rings is 2. The van der Waals surface area contributed by atoms with Crippen LogP contribution in [0.1, 0.15) is 39.1 Å². The van der Waals surface area contributed by atoms with Crippen LogP contribution in [0, 0.1) is 0 Å². The highest BCUT2D eigenvalue weighted by Crippen LogP contribution is 2.42. The highest BCUT2D eigenvalue weighted by molar-refractivity contribution is 9.10. The van der Waals surface area contributed by atoms with Crippen LogP contribution in [0.15, 0.2) is 43.1 Å². The number of rotatable bonds is 4. The SMILES string of the molecule is COc1cc(C=Nn2c(C(C)(C)C)nc3ccc(Br)cc3c2=O)c(Br)c(Cl)c1OC(C)=O. The van der Waals surface area contributed by atoms with Gasteiger partial charge in [0.2, 0.25) is 0 Å². The van der Waals surface area contributed by atoms with E-state index in [0.717, 1.165) is 4.47 Å². The number of carbonyl (C=O) groups excluding carboxylic acids is 1. The molecular formula is C22H20Br2ClN3O4. The fraction of sp³-hybridized carbons (Fsp3) is 0.273. The zero-order chi connectivity index (χ0) is 23.8. The molecule has 168 valence electrons. The Kier molecular flexibility index (Phi) is 7.12. The van der Waals surface area contributed by atoms with E-state index in [0.29, 0.717) is 26.8 Å². The van der Waals surface area contributed by atoms with Crippen molar-refractivity contribution in [1.29, 1.82) is 0 Å². The van der Waals surface area contributed by atoms with E-state index in [1.807, 2.05) is 26.8 Å². The number of carbonyl (C=O) groups is 1. The Morgan fingerprint density at radius 3 is 2.53 bits per heavy atom. The smallest absolute Gasteiger partial charge is 0.308 e. The molecular weight excluding hydrogens is 566 g/mol. The molecule has 7 nitrogen and oxygen atoms in total. The minimum absolute atomic E-state index is 0.0930. The lowest BCUT2D eigenvalue weighted by Crippen LogP contribution is -2.29. The lowest BCUT2D eigenvalue weighted by molar-refractivity contribution is -0.132. The number of fused-ring (bicyclic) bond motifs is 1. The van der Waals surface area contributed by atoms with Crippen molar-refractivity contribution in [2.45, 2.75) is 33.1 Å². The molecule has 0 aliphatic heterocycles. The van der Waals surface area contributed by atoms with Gasteiger partial charge in [0.25, 0.3) is 5.56 Å². The first-order chi connectivity index (χ1) is 14.9. The van der Waals surface area contributed by atoms with Gasteiger partial charge >= 0.3 is 5.97 Å². The van der Waals surface area contributed by atoms with Crippen molar-refractivity contribution in [3.63, 3.8) is 0 Å². The Morgan fingerprint density at radius 2 is 1.94 bits per heavy atom. The molecule has 3 aromatic rings. The van der Waals surface area contributed by atoms with E-state index in [1.54, 1.807) is 18.2 Å². The summed E-state index contributed by atoms with van der Waals surface area (Å²) in [7, 11) is 1.43. The predicted octanol–water partition coefficient (Wildman–Crippen LogP) is 5.69. The average molecular weight is 586 g/mol. The zero-order valence-corrected chi connectivity index (χ0v) is 21.9. The minimum Gasteiger partial charge on any atom is -0.493 e. The molecule has 0 saturated carbocycles. The molecule has 10 heteroatoms. The van der Waals surface area contributed by atoms with Gasteiger partial charge in [-0.25, -0.2) is 4.98 Å². The monoisotopic (exact) mass is 583 g/mol. The molecule has 0 saturated heterocycles. The second-order valence-electron chi connectivity index (χ2n) is 7.93. The summed E-state index contributed by atoms with van der Waals surface area (Å²) < 4.78 is 13.0. The first kappa shape index (κ1) is 24.4. The van der Waals surface area contributed by atoms with E-state index in [4.69, 9.17) is 21.1 Å². The van der Waals surface area contributed by atoms with E-state index in [2.05, 4.69) is 41.9 Å². The van der Waals surface area contributed by atoms with Crippen LogP contribution in [0.5, 0.6) is 11.5 Å². The molecule has 1 aromatic heterocycles. The first-order valence-electron chi connectivity index (χ1n) is 9.45. The lowest BCUT2D eigenvalue weighted by atomic mass is 9.95. The van der Waals surface area contributed by atoms with Crippen molar-refractivity contribution in [3.8, 4) is 11.5 Å². The fourth-order valence-electron chi connectivity index (χ4n) is 2.95. The van der Waals surface area contributed by atoms with E-state index in [-0.39, 0.29) is 22.1 Å². The third-order valence-corrected chi connectivity index (χ3v) is 6.35. The van der Waals surface area contributed by atoms with Crippen molar-refractivity contribution >= 4 is 66.5 Å². The maximum Gasteiger partial charge on any atom is 0.308 e. The molecule has 0 aliphatic carbocycles. The van der Waals surface area contributed by atoms with Gasteiger partial charge in [-0.15, -0.1) is 0 Å². The zero-order valence-electron chi connectivity index (χ0n) is 18.0. The number of hydrogen-bond acceptors (Lipinski definition) is 6. The number of esters is 1. The number of nitrogens with zero attached hydrogens (tertiary/aromatic N) is 3. The van der Waals surface area contributed by atoms with Gasteiger partial charge in [0, 0.05) is 26.8 Å². The topological polar surface area (TPSA) is 82.8 Å². The highest BCUT2D eigenvalue weighted by Gasteiger charge is 2.23.